The zero-order chi connectivity index (χ0) is 28.2. The predicted molar refractivity (Wildman–Crippen MR) is 142 cm³/mol. The van der Waals surface area contributed by atoms with Gasteiger partial charge in [-0.2, -0.15) is 22.9 Å². The second-order valence-corrected chi connectivity index (χ2v) is 8.87. The van der Waals surface area contributed by atoms with Gasteiger partial charge in [-0.05, 0) is 64.8 Å². The van der Waals surface area contributed by atoms with Crippen LogP contribution in [0.25, 0.3) is 22.3 Å². The van der Waals surface area contributed by atoms with Crippen molar-refractivity contribution in [1.82, 2.24) is 9.66 Å². The van der Waals surface area contributed by atoms with Crippen LogP contribution in [0.1, 0.15) is 18.1 Å². The number of alkyl halides is 3. The lowest BCUT2D eigenvalue weighted by molar-refractivity contribution is -0.145. The molecule has 8 nitrogen and oxygen atoms in total. The lowest BCUT2D eigenvalue weighted by atomic mass is 10.1. The minimum atomic E-state index is -4.58. The number of para-hydroxylation sites is 1. The van der Waals surface area contributed by atoms with Crippen molar-refractivity contribution >= 4 is 39.0 Å². The van der Waals surface area contributed by atoms with Gasteiger partial charge in [0, 0.05) is 5.56 Å². The van der Waals surface area contributed by atoms with Crippen LogP contribution in [-0.4, -0.2) is 42.2 Å². The predicted octanol–water partition coefficient (Wildman–Crippen LogP) is 5.68. The Balaban J connectivity index is 1.79. The van der Waals surface area contributed by atoms with Crippen molar-refractivity contribution in [2.24, 2.45) is 5.10 Å². The number of methoxy groups -OCH3 is 1. The molecule has 0 saturated carbocycles. The molecule has 12 heteroatoms. The monoisotopic (exact) mass is 603 g/mol. The zero-order valence-electron chi connectivity index (χ0n) is 20.7. The van der Waals surface area contributed by atoms with E-state index < -0.39 is 23.3 Å². The molecule has 0 amide bonds. The smallest absolute Gasteiger partial charge is 0.416 e. The van der Waals surface area contributed by atoms with Gasteiger partial charge in [-0.1, -0.05) is 24.3 Å². The van der Waals surface area contributed by atoms with E-state index in [1.54, 1.807) is 43.3 Å². The molecule has 0 saturated heterocycles. The Morgan fingerprint density at radius 2 is 1.90 bits per heavy atom. The Hall–Kier alpha value is -4.19. The highest BCUT2D eigenvalue weighted by Gasteiger charge is 2.31. The molecule has 0 aliphatic rings. The summed E-state index contributed by atoms with van der Waals surface area (Å²) in [6.45, 7) is 1.55. The molecule has 0 aliphatic carbocycles. The van der Waals surface area contributed by atoms with Crippen molar-refractivity contribution in [2.75, 3.05) is 20.3 Å². The highest BCUT2D eigenvalue weighted by molar-refractivity contribution is 9.10. The van der Waals surface area contributed by atoms with Crippen molar-refractivity contribution < 1.29 is 32.2 Å². The summed E-state index contributed by atoms with van der Waals surface area (Å²) in [6, 6.07) is 14.2. The molecule has 39 heavy (non-hydrogen) atoms. The van der Waals surface area contributed by atoms with Gasteiger partial charge >= 0.3 is 12.1 Å². The normalized spacial score (nSPS) is 11.6. The zero-order valence-corrected chi connectivity index (χ0v) is 22.2. The number of rotatable bonds is 8. The highest BCUT2D eigenvalue weighted by Crippen LogP contribution is 2.36. The molecule has 0 radical (unpaired) electrons. The van der Waals surface area contributed by atoms with Crippen LogP contribution in [0.2, 0.25) is 0 Å². The van der Waals surface area contributed by atoms with Crippen LogP contribution in [0.5, 0.6) is 11.5 Å². The maximum absolute atomic E-state index is 13.4. The van der Waals surface area contributed by atoms with E-state index in [1.807, 2.05) is 0 Å². The van der Waals surface area contributed by atoms with E-state index in [2.05, 4.69) is 26.0 Å². The number of carbonyl (C=O) groups is 1. The number of hydrogen-bond donors (Lipinski definition) is 0. The van der Waals surface area contributed by atoms with Crippen LogP contribution in [0.15, 0.2) is 75.0 Å². The first-order chi connectivity index (χ1) is 18.6. The van der Waals surface area contributed by atoms with Gasteiger partial charge < -0.3 is 14.2 Å². The maximum Gasteiger partial charge on any atom is 0.416 e. The Morgan fingerprint density at radius 3 is 2.62 bits per heavy atom. The molecule has 0 N–H and O–H groups in total. The van der Waals surface area contributed by atoms with E-state index in [9.17, 15) is 22.8 Å². The van der Waals surface area contributed by atoms with Gasteiger partial charge in [0.1, 0.15) is 0 Å². The number of benzene rings is 3. The fourth-order valence-corrected chi connectivity index (χ4v) is 4.24. The van der Waals surface area contributed by atoms with Crippen LogP contribution in [-0.2, 0) is 15.7 Å². The van der Waals surface area contributed by atoms with Gasteiger partial charge in [-0.15, -0.1) is 0 Å². The number of carbonyl (C=O) groups excluding carboxylic acids is 1. The van der Waals surface area contributed by atoms with Gasteiger partial charge in [-0.3, -0.25) is 4.79 Å². The van der Waals surface area contributed by atoms with Gasteiger partial charge in [0.05, 0.1) is 40.9 Å². The number of esters is 1. The molecule has 0 atom stereocenters. The summed E-state index contributed by atoms with van der Waals surface area (Å²) in [5.74, 6) is -0.113. The third-order valence-electron chi connectivity index (χ3n) is 5.42. The van der Waals surface area contributed by atoms with E-state index in [1.165, 1.54) is 25.5 Å². The van der Waals surface area contributed by atoms with Crippen LogP contribution in [0.3, 0.4) is 0 Å². The third kappa shape index (κ3) is 6.28. The minimum Gasteiger partial charge on any atom is -0.493 e. The SMILES string of the molecule is CCOC(=O)COc1c(Br)cc(C=Nn2c(-c3cccc(C(F)(F)F)c3)nc3ccccc3c2=O)cc1OC. The van der Waals surface area contributed by atoms with Gasteiger partial charge in [0.25, 0.3) is 5.56 Å². The molecule has 4 aromatic rings. The summed E-state index contributed by atoms with van der Waals surface area (Å²) < 4.78 is 57.3. The molecular formula is C27H21BrF3N3O5. The van der Waals surface area contributed by atoms with Crippen molar-refractivity contribution in [3.63, 3.8) is 0 Å². The number of aromatic nitrogens is 2. The Bertz CT molecular complexity index is 1620. The Labute approximate surface area is 228 Å². The molecule has 1 aromatic heterocycles. The van der Waals surface area contributed by atoms with E-state index in [0.717, 1.165) is 16.8 Å². The Kier molecular flexibility index (Phi) is 8.34. The topological polar surface area (TPSA) is 92.0 Å². The van der Waals surface area contributed by atoms with Crippen LogP contribution in [0, 0.1) is 0 Å². The number of hydrogen-bond acceptors (Lipinski definition) is 7. The lowest BCUT2D eigenvalue weighted by Gasteiger charge is -2.13. The standard InChI is InChI=1S/C27H21BrF3N3O5/c1-3-38-23(35)15-39-24-20(28)11-16(12-22(24)37-2)14-32-34-25(17-7-6-8-18(13-17)27(29,30)31)33-21-10-5-4-9-19(21)26(34)36/h4-14H,3,15H2,1-2H3. The number of ether oxygens (including phenoxy) is 3. The summed E-state index contributed by atoms with van der Waals surface area (Å²) in [5.41, 5.74) is -0.618. The fraction of sp³-hybridized carbons (Fsp3) is 0.185. The first kappa shape index (κ1) is 27.8. The summed E-state index contributed by atoms with van der Waals surface area (Å²) in [7, 11) is 1.41. The van der Waals surface area contributed by atoms with E-state index in [0.29, 0.717) is 15.6 Å². The fourth-order valence-electron chi connectivity index (χ4n) is 3.66. The second kappa shape index (κ2) is 11.7. The third-order valence-corrected chi connectivity index (χ3v) is 6.00. The molecular weight excluding hydrogens is 583 g/mol. The first-order valence-electron chi connectivity index (χ1n) is 11.5. The van der Waals surface area contributed by atoms with Crippen molar-refractivity contribution in [1.29, 1.82) is 0 Å². The average molecular weight is 604 g/mol. The van der Waals surface area contributed by atoms with Crippen LogP contribution in [0.4, 0.5) is 13.2 Å². The van der Waals surface area contributed by atoms with E-state index >= 15 is 0 Å². The second-order valence-electron chi connectivity index (χ2n) is 8.02. The van der Waals surface area contributed by atoms with Gasteiger partial charge in [0.2, 0.25) is 0 Å². The van der Waals surface area contributed by atoms with Crippen LogP contribution < -0.4 is 15.0 Å². The maximum atomic E-state index is 13.4. The van der Waals surface area contributed by atoms with Crippen molar-refractivity contribution in [3.05, 3.63) is 86.6 Å². The molecule has 202 valence electrons. The minimum absolute atomic E-state index is 0.0614. The molecule has 0 spiro atoms. The van der Waals surface area contributed by atoms with Gasteiger partial charge in [-0.25, -0.2) is 9.78 Å². The quantitative estimate of drug-likeness (QED) is 0.190. The average Bonchev–Trinajstić information content (AvgIpc) is 2.91. The highest BCUT2D eigenvalue weighted by atomic mass is 79.9. The lowest BCUT2D eigenvalue weighted by Crippen LogP contribution is -2.20. The summed E-state index contributed by atoms with van der Waals surface area (Å²) in [4.78, 5) is 29.5. The molecule has 0 aliphatic heterocycles. The van der Waals surface area contributed by atoms with Gasteiger partial charge in [0.15, 0.2) is 23.9 Å². The van der Waals surface area contributed by atoms with Crippen LogP contribution >= 0.6 is 15.9 Å². The molecule has 0 fully saturated rings. The van der Waals surface area contributed by atoms with E-state index in [4.69, 9.17) is 14.2 Å². The summed E-state index contributed by atoms with van der Waals surface area (Å²) in [6.07, 6.45) is -3.25. The number of halogens is 4. The molecule has 3 aromatic carbocycles. The van der Waals surface area contributed by atoms with Crippen molar-refractivity contribution in [2.45, 2.75) is 13.1 Å². The Morgan fingerprint density at radius 1 is 1.13 bits per heavy atom. The summed E-state index contributed by atoms with van der Waals surface area (Å²) >= 11 is 3.37. The molecule has 4 rings (SSSR count). The number of fused-ring (bicyclic) bond motifs is 1. The van der Waals surface area contributed by atoms with E-state index in [-0.39, 0.29) is 41.5 Å². The molecule has 0 bridgehead atoms. The molecule has 1 heterocycles. The first-order valence-corrected chi connectivity index (χ1v) is 12.3. The van der Waals surface area contributed by atoms with Crippen molar-refractivity contribution in [3.8, 4) is 22.9 Å². The summed E-state index contributed by atoms with van der Waals surface area (Å²) in [5, 5.41) is 4.53. The number of nitrogens with zero attached hydrogens (tertiary/aromatic N) is 3. The largest absolute Gasteiger partial charge is 0.493 e. The molecule has 0 unspecified atom stereocenters.